The molecule has 2 aliphatic rings. The summed E-state index contributed by atoms with van der Waals surface area (Å²) < 4.78 is 15.9. The maximum absolute atomic E-state index is 12.3. The standard InChI is InChI=1S/C20H24O11/c21-8-13-15(24)16(25)17(26)18(31-13)30-12-5-4-11(22)7-10(12)9-29-19(27)20(28)6-2-1-3-14(20)23/h2,4-7,13,15-18,21-22,24-26,28H,1,3,8-9H2/t13-,15-,16+,17-,18-,20?/m1/s1. The van der Waals surface area contributed by atoms with Crippen LogP contribution in [0.15, 0.2) is 30.4 Å². The van der Waals surface area contributed by atoms with Gasteiger partial charge in [0, 0.05) is 12.0 Å². The quantitative estimate of drug-likeness (QED) is 0.168. The number of aliphatic hydroxyl groups is 5. The number of phenolic OH excluding ortho intramolecular Hbond substituents is 1. The van der Waals surface area contributed by atoms with Crippen molar-refractivity contribution in [2.75, 3.05) is 6.61 Å². The van der Waals surface area contributed by atoms with Crippen molar-refractivity contribution in [2.24, 2.45) is 0 Å². The van der Waals surface area contributed by atoms with Gasteiger partial charge in [-0.1, -0.05) is 6.08 Å². The van der Waals surface area contributed by atoms with Gasteiger partial charge in [0.25, 0.3) is 0 Å². The number of allylic oxidation sites excluding steroid dienone is 1. The number of benzene rings is 1. The van der Waals surface area contributed by atoms with Crippen LogP contribution in [0.25, 0.3) is 0 Å². The van der Waals surface area contributed by atoms with Crippen LogP contribution in [-0.4, -0.2) is 85.3 Å². The van der Waals surface area contributed by atoms with E-state index in [-0.39, 0.29) is 23.5 Å². The number of aromatic hydroxyl groups is 1. The van der Waals surface area contributed by atoms with Gasteiger partial charge in [0.1, 0.15) is 42.5 Å². The molecular weight excluding hydrogens is 416 g/mol. The zero-order valence-electron chi connectivity index (χ0n) is 16.3. The van der Waals surface area contributed by atoms with E-state index < -0.39 is 61.3 Å². The largest absolute Gasteiger partial charge is 0.508 e. The Morgan fingerprint density at radius 1 is 1.19 bits per heavy atom. The van der Waals surface area contributed by atoms with Crippen LogP contribution >= 0.6 is 0 Å². The van der Waals surface area contributed by atoms with Crippen molar-refractivity contribution in [1.29, 1.82) is 0 Å². The van der Waals surface area contributed by atoms with Crippen LogP contribution in [0.5, 0.6) is 11.5 Å². The van der Waals surface area contributed by atoms with Gasteiger partial charge in [-0.15, -0.1) is 0 Å². The van der Waals surface area contributed by atoms with Gasteiger partial charge in [0.05, 0.1) is 6.61 Å². The number of ketones is 1. The first-order valence-electron chi connectivity index (χ1n) is 9.57. The molecule has 1 saturated heterocycles. The molecule has 31 heavy (non-hydrogen) atoms. The summed E-state index contributed by atoms with van der Waals surface area (Å²) >= 11 is 0. The average molecular weight is 440 g/mol. The highest BCUT2D eigenvalue weighted by molar-refractivity contribution is 6.09. The van der Waals surface area contributed by atoms with Crippen LogP contribution in [0, 0.1) is 0 Å². The van der Waals surface area contributed by atoms with E-state index in [2.05, 4.69) is 0 Å². The zero-order chi connectivity index (χ0) is 22.8. The lowest BCUT2D eigenvalue weighted by atomic mass is 9.90. The molecule has 1 aromatic rings. The van der Waals surface area contributed by atoms with E-state index in [0.29, 0.717) is 6.42 Å². The Kier molecular flexibility index (Phi) is 6.94. The molecule has 0 amide bonds. The number of carbonyl (C=O) groups is 2. The van der Waals surface area contributed by atoms with E-state index in [9.17, 15) is 40.2 Å². The van der Waals surface area contributed by atoms with Crippen molar-refractivity contribution in [3.05, 3.63) is 35.9 Å². The fraction of sp³-hybridized carbons (Fsp3) is 0.500. The van der Waals surface area contributed by atoms with E-state index in [1.807, 2.05) is 0 Å². The molecule has 170 valence electrons. The minimum absolute atomic E-state index is 0.0142. The number of ether oxygens (including phenoxy) is 3. The van der Waals surface area contributed by atoms with Gasteiger partial charge in [-0.3, -0.25) is 4.79 Å². The number of phenols is 1. The van der Waals surface area contributed by atoms with Crippen LogP contribution < -0.4 is 4.74 Å². The number of aliphatic hydroxyl groups excluding tert-OH is 4. The molecule has 0 spiro atoms. The summed E-state index contributed by atoms with van der Waals surface area (Å²) in [6.07, 6.45) is -4.65. The molecule has 0 saturated carbocycles. The van der Waals surface area contributed by atoms with Gasteiger partial charge in [-0.25, -0.2) is 4.79 Å². The van der Waals surface area contributed by atoms with Gasteiger partial charge < -0.3 is 44.8 Å². The summed E-state index contributed by atoms with van der Waals surface area (Å²) in [5.74, 6) is -2.13. The second-order valence-electron chi connectivity index (χ2n) is 7.31. The minimum atomic E-state index is -2.40. The van der Waals surface area contributed by atoms with Crippen molar-refractivity contribution in [3.8, 4) is 11.5 Å². The molecule has 1 aromatic carbocycles. The molecule has 0 radical (unpaired) electrons. The van der Waals surface area contributed by atoms with Crippen molar-refractivity contribution in [3.63, 3.8) is 0 Å². The van der Waals surface area contributed by atoms with Crippen LogP contribution in [0.4, 0.5) is 0 Å². The molecule has 1 unspecified atom stereocenters. The van der Waals surface area contributed by atoms with Crippen molar-refractivity contribution >= 4 is 11.8 Å². The number of rotatable bonds is 6. The monoisotopic (exact) mass is 440 g/mol. The van der Waals surface area contributed by atoms with Crippen molar-refractivity contribution < 1.29 is 54.4 Å². The SMILES string of the molecule is O=C1CCC=CC1(O)C(=O)OCc1cc(O)ccc1O[C@@H]1O[C@H](CO)[C@@H](O)[C@H](O)[C@H]1O. The lowest BCUT2D eigenvalue weighted by Gasteiger charge is -2.39. The average Bonchev–Trinajstić information content (AvgIpc) is 2.75. The highest BCUT2D eigenvalue weighted by Crippen LogP contribution is 2.30. The minimum Gasteiger partial charge on any atom is -0.508 e. The van der Waals surface area contributed by atoms with Gasteiger partial charge in [-0.2, -0.15) is 0 Å². The van der Waals surface area contributed by atoms with Crippen LogP contribution in [-0.2, 0) is 25.7 Å². The van der Waals surface area contributed by atoms with E-state index >= 15 is 0 Å². The third-order valence-corrected chi connectivity index (χ3v) is 5.13. The van der Waals surface area contributed by atoms with Crippen LogP contribution in [0.3, 0.4) is 0 Å². The highest BCUT2D eigenvalue weighted by atomic mass is 16.7. The Bertz CT molecular complexity index is 852. The molecule has 1 aliphatic heterocycles. The van der Waals surface area contributed by atoms with Crippen molar-refractivity contribution in [1.82, 2.24) is 0 Å². The smallest absolute Gasteiger partial charge is 0.350 e. The Morgan fingerprint density at radius 3 is 2.61 bits per heavy atom. The Morgan fingerprint density at radius 2 is 1.94 bits per heavy atom. The van der Waals surface area contributed by atoms with E-state index in [4.69, 9.17) is 14.2 Å². The Hall–Kier alpha value is -2.54. The van der Waals surface area contributed by atoms with E-state index in [0.717, 1.165) is 6.08 Å². The van der Waals surface area contributed by atoms with Gasteiger partial charge in [0.2, 0.25) is 11.9 Å². The topological polar surface area (TPSA) is 183 Å². The fourth-order valence-electron chi connectivity index (χ4n) is 3.27. The molecule has 0 aromatic heterocycles. The first-order valence-corrected chi connectivity index (χ1v) is 9.57. The number of hydrogen-bond acceptors (Lipinski definition) is 11. The first-order chi connectivity index (χ1) is 14.7. The number of hydrogen-bond donors (Lipinski definition) is 6. The summed E-state index contributed by atoms with van der Waals surface area (Å²) in [5.41, 5.74) is -2.30. The maximum Gasteiger partial charge on any atom is 0.350 e. The van der Waals surface area contributed by atoms with Crippen LogP contribution in [0.2, 0.25) is 0 Å². The summed E-state index contributed by atoms with van der Waals surface area (Å²) in [5, 5.41) is 59.2. The third-order valence-electron chi connectivity index (χ3n) is 5.13. The summed E-state index contributed by atoms with van der Waals surface area (Å²) in [4.78, 5) is 24.2. The van der Waals surface area contributed by atoms with E-state index in [1.54, 1.807) is 0 Å². The van der Waals surface area contributed by atoms with Gasteiger partial charge in [-0.05, 0) is 30.7 Å². The fourth-order valence-corrected chi connectivity index (χ4v) is 3.27. The summed E-state index contributed by atoms with van der Waals surface area (Å²) in [6.45, 7) is -1.16. The van der Waals surface area contributed by atoms with Crippen molar-refractivity contribution in [2.45, 2.75) is 55.8 Å². The molecular formula is C20H24O11. The predicted molar refractivity (Wildman–Crippen MR) is 101 cm³/mol. The molecule has 1 aliphatic carbocycles. The zero-order valence-corrected chi connectivity index (χ0v) is 16.3. The maximum atomic E-state index is 12.3. The lowest BCUT2D eigenvalue weighted by molar-refractivity contribution is -0.277. The predicted octanol–water partition coefficient (Wildman–Crippen LogP) is -1.74. The molecule has 6 N–H and O–H groups in total. The summed E-state index contributed by atoms with van der Waals surface area (Å²) in [6, 6.07) is 3.71. The second-order valence-corrected chi connectivity index (χ2v) is 7.31. The Balaban J connectivity index is 1.75. The third kappa shape index (κ3) is 4.71. The molecule has 0 bridgehead atoms. The lowest BCUT2D eigenvalue weighted by Crippen LogP contribution is -2.60. The molecule has 11 heteroatoms. The van der Waals surface area contributed by atoms with Gasteiger partial charge >= 0.3 is 5.97 Å². The summed E-state index contributed by atoms with van der Waals surface area (Å²) in [7, 11) is 0. The number of carbonyl (C=O) groups excluding carboxylic acids is 2. The molecule has 1 fully saturated rings. The number of esters is 1. The molecule has 1 heterocycles. The first kappa shape index (κ1) is 23.1. The molecule has 6 atom stereocenters. The molecule has 11 nitrogen and oxygen atoms in total. The van der Waals surface area contributed by atoms with E-state index in [1.165, 1.54) is 24.3 Å². The second kappa shape index (κ2) is 9.30. The molecule has 3 rings (SSSR count). The van der Waals surface area contributed by atoms with Gasteiger partial charge in [0.15, 0.2) is 5.78 Å². The Labute approximate surface area is 176 Å². The highest BCUT2D eigenvalue weighted by Gasteiger charge is 2.45. The number of Topliss-reactive ketones (excluding diaryl/α,β-unsaturated/α-hetero) is 1. The van der Waals surface area contributed by atoms with Crippen LogP contribution in [0.1, 0.15) is 18.4 Å². The normalized spacial score (nSPS) is 33.2.